The minimum atomic E-state index is 0.0932. The summed E-state index contributed by atoms with van der Waals surface area (Å²) in [5.41, 5.74) is 3.23. The Morgan fingerprint density at radius 1 is 1.25 bits per heavy atom. The SMILES string of the molecule is O=C1Cc2cccc(N3CCOCC3)c2N1. The van der Waals surface area contributed by atoms with Crippen molar-refractivity contribution in [2.24, 2.45) is 0 Å². The number of para-hydroxylation sites is 1. The second-order valence-electron chi connectivity index (χ2n) is 4.14. The van der Waals surface area contributed by atoms with E-state index in [4.69, 9.17) is 4.74 Å². The smallest absolute Gasteiger partial charge is 0.228 e. The summed E-state index contributed by atoms with van der Waals surface area (Å²) in [6, 6.07) is 6.09. The Balaban J connectivity index is 1.95. The van der Waals surface area contributed by atoms with Gasteiger partial charge in [-0.15, -0.1) is 0 Å². The summed E-state index contributed by atoms with van der Waals surface area (Å²) in [6.07, 6.45) is 0.507. The number of carbonyl (C=O) groups is 1. The number of hydrogen-bond donors (Lipinski definition) is 1. The van der Waals surface area contributed by atoms with E-state index < -0.39 is 0 Å². The molecule has 1 N–H and O–H groups in total. The first-order chi connectivity index (χ1) is 7.84. The molecular formula is C12H14N2O2. The van der Waals surface area contributed by atoms with Crippen LogP contribution < -0.4 is 10.2 Å². The normalized spacial score (nSPS) is 19.5. The van der Waals surface area contributed by atoms with Crippen molar-refractivity contribution in [1.29, 1.82) is 0 Å². The predicted octanol–water partition coefficient (Wildman–Crippen LogP) is 1.02. The summed E-state index contributed by atoms with van der Waals surface area (Å²) in [5.74, 6) is 0.0932. The minimum Gasteiger partial charge on any atom is -0.378 e. The molecule has 1 fully saturated rings. The van der Waals surface area contributed by atoms with Crippen molar-refractivity contribution in [3.63, 3.8) is 0 Å². The fraction of sp³-hybridized carbons (Fsp3) is 0.417. The number of morpholine rings is 1. The molecule has 0 aliphatic carbocycles. The van der Waals surface area contributed by atoms with E-state index in [0.717, 1.165) is 43.2 Å². The molecule has 0 saturated carbocycles. The van der Waals surface area contributed by atoms with Gasteiger partial charge in [-0.25, -0.2) is 0 Å². The van der Waals surface area contributed by atoms with Gasteiger partial charge in [-0.1, -0.05) is 12.1 Å². The first kappa shape index (κ1) is 9.66. The van der Waals surface area contributed by atoms with Crippen LogP contribution in [0.1, 0.15) is 5.56 Å². The highest BCUT2D eigenvalue weighted by Crippen LogP contribution is 2.34. The van der Waals surface area contributed by atoms with Crippen molar-refractivity contribution >= 4 is 17.3 Å². The average Bonchev–Trinajstić information content (AvgIpc) is 2.70. The van der Waals surface area contributed by atoms with Crippen molar-refractivity contribution in [1.82, 2.24) is 0 Å². The summed E-state index contributed by atoms with van der Waals surface area (Å²) >= 11 is 0. The van der Waals surface area contributed by atoms with Gasteiger partial charge in [0.2, 0.25) is 5.91 Å². The maximum Gasteiger partial charge on any atom is 0.228 e. The number of nitrogens with one attached hydrogen (secondary N) is 1. The van der Waals surface area contributed by atoms with Crippen LogP contribution in [0, 0.1) is 0 Å². The van der Waals surface area contributed by atoms with Gasteiger partial charge < -0.3 is 15.0 Å². The Morgan fingerprint density at radius 3 is 2.88 bits per heavy atom. The Hall–Kier alpha value is -1.55. The molecule has 0 unspecified atom stereocenters. The maximum absolute atomic E-state index is 11.4. The van der Waals surface area contributed by atoms with E-state index in [0.29, 0.717) is 6.42 Å². The number of amides is 1. The molecule has 0 bridgehead atoms. The van der Waals surface area contributed by atoms with Gasteiger partial charge >= 0.3 is 0 Å². The molecule has 4 nitrogen and oxygen atoms in total. The van der Waals surface area contributed by atoms with E-state index >= 15 is 0 Å². The highest BCUT2D eigenvalue weighted by Gasteiger charge is 2.23. The topological polar surface area (TPSA) is 41.6 Å². The quantitative estimate of drug-likeness (QED) is 0.765. The largest absolute Gasteiger partial charge is 0.378 e. The van der Waals surface area contributed by atoms with Gasteiger partial charge in [0, 0.05) is 13.1 Å². The molecule has 4 heteroatoms. The fourth-order valence-electron chi connectivity index (χ4n) is 2.30. The molecule has 0 aromatic heterocycles. The lowest BCUT2D eigenvalue weighted by atomic mass is 10.1. The second-order valence-corrected chi connectivity index (χ2v) is 4.14. The van der Waals surface area contributed by atoms with E-state index in [9.17, 15) is 4.79 Å². The summed E-state index contributed by atoms with van der Waals surface area (Å²) in [5, 5.41) is 2.94. The zero-order valence-electron chi connectivity index (χ0n) is 9.03. The standard InChI is InChI=1S/C12H14N2O2/c15-11-8-9-2-1-3-10(12(9)13-11)14-4-6-16-7-5-14/h1-3H,4-8H2,(H,13,15). The van der Waals surface area contributed by atoms with Gasteiger partial charge in [-0.3, -0.25) is 4.79 Å². The number of benzene rings is 1. The molecule has 16 heavy (non-hydrogen) atoms. The lowest BCUT2D eigenvalue weighted by Gasteiger charge is -2.30. The third-order valence-electron chi connectivity index (χ3n) is 3.10. The van der Waals surface area contributed by atoms with Gasteiger partial charge in [-0.2, -0.15) is 0 Å². The molecule has 84 valence electrons. The molecular weight excluding hydrogens is 204 g/mol. The van der Waals surface area contributed by atoms with Crippen molar-refractivity contribution in [2.45, 2.75) is 6.42 Å². The molecule has 2 heterocycles. The minimum absolute atomic E-state index is 0.0932. The lowest BCUT2D eigenvalue weighted by Crippen LogP contribution is -2.36. The number of fused-ring (bicyclic) bond motifs is 1. The van der Waals surface area contributed by atoms with E-state index in [-0.39, 0.29) is 5.91 Å². The Morgan fingerprint density at radius 2 is 2.06 bits per heavy atom. The molecule has 1 aromatic carbocycles. The second kappa shape index (κ2) is 3.79. The predicted molar refractivity (Wildman–Crippen MR) is 61.8 cm³/mol. The Kier molecular flexibility index (Phi) is 2.29. The van der Waals surface area contributed by atoms with Crippen LogP contribution in [0.15, 0.2) is 18.2 Å². The Bertz CT molecular complexity index is 425. The van der Waals surface area contributed by atoms with Crippen molar-refractivity contribution < 1.29 is 9.53 Å². The van der Waals surface area contributed by atoms with Crippen LogP contribution in [0.25, 0.3) is 0 Å². The van der Waals surface area contributed by atoms with Gasteiger partial charge in [0.1, 0.15) is 0 Å². The number of hydrogen-bond acceptors (Lipinski definition) is 3. The average molecular weight is 218 g/mol. The first-order valence-corrected chi connectivity index (χ1v) is 5.59. The van der Waals surface area contributed by atoms with Crippen LogP contribution in [0.2, 0.25) is 0 Å². The number of nitrogens with zero attached hydrogens (tertiary/aromatic N) is 1. The van der Waals surface area contributed by atoms with E-state index in [2.05, 4.69) is 16.3 Å². The van der Waals surface area contributed by atoms with E-state index in [1.165, 1.54) is 0 Å². The number of carbonyl (C=O) groups excluding carboxylic acids is 1. The van der Waals surface area contributed by atoms with Crippen LogP contribution in [0.4, 0.5) is 11.4 Å². The highest BCUT2D eigenvalue weighted by atomic mass is 16.5. The fourth-order valence-corrected chi connectivity index (χ4v) is 2.30. The molecule has 1 amide bonds. The zero-order valence-corrected chi connectivity index (χ0v) is 9.03. The number of rotatable bonds is 1. The molecule has 0 radical (unpaired) electrons. The van der Waals surface area contributed by atoms with E-state index in [1.807, 2.05) is 12.1 Å². The molecule has 0 atom stereocenters. The summed E-state index contributed by atoms with van der Waals surface area (Å²) in [7, 11) is 0. The third-order valence-corrected chi connectivity index (χ3v) is 3.10. The molecule has 3 rings (SSSR count). The summed E-state index contributed by atoms with van der Waals surface area (Å²) in [6.45, 7) is 3.31. The maximum atomic E-state index is 11.4. The highest BCUT2D eigenvalue weighted by molar-refractivity contribution is 6.03. The molecule has 1 aromatic rings. The van der Waals surface area contributed by atoms with Gasteiger partial charge in [0.25, 0.3) is 0 Å². The van der Waals surface area contributed by atoms with Gasteiger partial charge in [0.05, 0.1) is 31.0 Å². The monoisotopic (exact) mass is 218 g/mol. The van der Waals surface area contributed by atoms with Crippen molar-refractivity contribution in [3.05, 3.63) is 23.8 Å². The molecule has 1 saturated heterocycles. The van der Waals surface area contributed by atoms with Crippen molar-refractivity contribution in [2.75, 3.05) is 36.5 Å². The number of anilines is 2. The van der Waals surface area contributed by atoms with Crippen LogP contribution in [-0.2, 0) is 16.0 Å². The van der Waals surface area contributed by atoms with Gasteiger partial charge in [0.15, 0.2) is 0 Å². The summed E-state index contributed by atoms with van der Waals surface area (Å²) < 4.78 is 5.33. The molecule has 2 aliphatic heterocycles. The number of ether oxygens (including phenoxy) is 1. The Labute approximate surface area is 94.2 Å². The van der Waals surface area contributed by atoms with Gasteiger partial charge in [-0.05, 0) is 11.6 Å². The van der Waals surface area contributed by atoms with Crippen molar-refractivity contribution in [3.8, 4) is 0 Å². The summed E-state index contributed by atoms with van der Waals surface area (Å²) in [4.78, 5) is 13.7. The van der Waals surface area contributed by atoms with Crippen LogP contribution in [0.5, 0.6) is 0 Å². The molecule has 2 aliphatic rings. The molecule has 0 spiro atoms. The van der Waals surface area contributed by atoms with Crippen LogP contribution in [0.3, 0.4) is 0 Å². The zero-order chi connectivity index (χ0) is 11.0. The van der Waals surface area contributed by atoms with E-state index in [1.54, 1.807) is 0 Å². The van der Waals surface area contributed by atoms with Crippen LogP contribution in [-0.4, -0.2) is 32.2 Å². The third kappa shape index (κ3) is 1.55. The first-order valence-electron chi connectivity index (χ1n) is 5.59. The lowest BCUT2D eigenvalue weighted by molar-refractivity contribution is -0.115. The van der Waals surface area contributed by atoms with Crippen LogP contribution >= 0.6 is 0 Å².